The number of rotatable bonds is 3. The lowest BCUT2D eigenvalue weighted by Gasteiger charge is -2.35. The molecule has 2 heterocycles. The van der Waals surface area contributed by atoms with E-state index in [1.807, 2.05) is 0 Å². The summed E-state index contributed by atoms with van der Waals surface area (Å²) in [5, 5.41) is 11.6. The molecule has 19 heavy (non-hydrogen) atoms. The van der Waals surface area contributed by atoms with Gasteiger partial charge in [0.1, 0.15) is 0 Å². The summed E-state index contributed by atoms with van der Waals surface area (Å²) >= 11 is 0. The van der Waals surface area contributed by atoms with E-state index in [1.54, 1.807) is 0 Å². The second-order valence-electron chi connectivity index (χ2n) is 4.99. The van der Waals surface area contributed by atoms with Gasteiger partial charge in [0.15, 0.2) is 5.76 Å². The zero-order valence-corrected chi connectivity index (χ0v) is 11.0. The van der Waals surface area contributed by atoms with E-state index < -0.39 is 5.97 Å². The summed E-state index contributed by atoms with van der Waals surface area (Å²) in [6.45, 7) is 3.05. The molecule has 1 fully saturated rings. The third-order valence-corrected chi connectivity index (χ3v) is 3.58. The van der Waals surface area contributed by atoms with Crippen LogP contribution in [0, 0.1) is 0 Å². The van der Waals surface area contributed by atoms with E-state index in [9.17, 15) is 9.59 Å². The Hall–Kier alpha value is -1.82. The molecule has 2 unspecified atom stereocenters. The van der Waals surface area contributed by atoms with E-state index in [0.29, 0.717) is 6.04 Å². The normalized spacial score (nSPS) is 24.1. The maximum atomic E-state index is 11.9. The number of nitrogens with one attached hydrogen (secondary N) is 1. The molecule has 2 N–H and O–H groups in total. The summed E-state index contributed by atoms with van der Waals surface area (Å²) in [5.74, 6) is -1.70. The molecule has 1 aliphatic rings. The Morgan fingerprint density at radius 3 is 2.68 bits per heavy atom. The minimum absolute atomic E-state index is 0.0454. The number of carboxylic acid groups (broad SMARTS) is 1. The third-order valence-electron chi connectivity index (χ3n) is 3.58. The standard InChI is InChI=1S/C13H18N2O4/c1-8-7-9(5-6-15(8)2)14-12(16)10-3-4-11(19-10)13(17)18/h3-4,8-9H,5-7H2,1-2H3,(H,14,16)(H,17,18). The van der Waals surface area contributed by atoms with Gasteiger partial charge in [-0.05, 0) is 38.9 Å². The van der Waals surface area contributed by atoms with Crippen LogP contribution < -0.4 is 5.32 Å². The predicted molar refractivity (Wildman–Crippen MR) is 68.2 cm³/mol. The first-order valence-corrected chi connectivity index (χ1v) is 6.31. The number of likely N-dealkylation sites (tertiary alicyclic amines) is 1. The number of aromatic carboxylic acids is 1. The fourth-order valence-electron chi connectivity index (χ4n) is 2.25. The molecule has 0 radical (unpaired) electrons. The van der Waals surface area contributed by atoms with Gasteiger partial charge in [-0.3, -0.25) is 4.79 Å². The fraction of sp³-hybridized carbons (Fsp3) is 0.538. The van der Waals surface area contributed by atoms with Crippen LogP contribution in [-0.4, -0.2) is 47.6 Å². The van der Waals surface area contributed by atoms with Crippen molar-refractivity contribution in [3.63, 3.8) is 0 Å². The summed E-state index contributed by atoms with van der Waals surface area (Å²) < 4.78 is 4.97. The van der Waals surface area contributed by atoms with E-state index >= 15 is 0 Å². The van der Waals surface area contributed by atoms with Gasteiger partial charge >= 0.3 is 5.97 Å². The highest BCUT2D eigenvalue weighted by atomic mass is 16.4. The van der Waals surface area contributed by atoms with Gasteiger partial charge in [0.2, 0.25) is 5.76 Å². The lowest BCUT2D eigenvalue weighted by atomic mass is 9.99. The van der Waals surface area contributed by atoms with E-state index in [2.05, 4.69) is 24.2 Å². The minimum Gasteiger partial charge on any atom is -0.475 e. The van der Waals surface area contributed by atoms with Gasteiger partial charge in [0.05, 0.1) is 0 Å². The molecule has 0 spiro atoms. The molecule has 104 valence electrons. The summed E-state index contributed by atoms with van der Waals surface area (Å²) in [6.07, 6.45) is 1.77. The van der Waals surface area contributed by atoms with Crippen LogP contribution in [0.3, 0.4) is 0 Å². The average Bonchev–Trinajstić information content (AvgIpc) is 2.83. The molecular weight excluding hydrogens is 248 g/mol. The number of carbonyl (C=O) groups is 2. The first kappa shape index (κ1) is 13.6. The fourth-order valence-corrected chi connectivity index (χ4v) is 2.25. The molecule has 0 bridgehead atoms. The lowest BCUT2D eigenvalue weighted by molar-refractivity contribution is 0.0659. The van der Waals surface area contributed by atoms with Crippen molar-refractivity contribution in [2.75, 3.05) is 13.6 Å². The summed E-state index contributed by atoms with van der Waals surface area (Å²) in [6, 6.07) is 3.20. The molecule has 1 saturated heterocycles. The molecule has 6 heteroatoms. The number of nitrogens with zero attached hydrogens (tertiary/aromatic N) is 1. The van der Waals surface area contributed by atoms with Gasteiger partial charge < -0.3 is 19.7 Å². The van der Waals surface area contributed by atoms with E-state index in [1.165, 1.54) is 12.1 Å². The van der Waals surface area contributed by atoms with Gasteiger partial charge in [-0.15, -0.1) is 0 Å². The first-order chi connectivity index (χ1) is 8.97. The SMILES string of the molecule is CC1CC(NC(=O)c2ccc(C(=O)O)o2)CCN1C. The summed E-state index contributed by atoms with van der Waals surface area (Å²) in [4.78, 5) is 24.8. The Morgan fingerprint density at radius 1 is 1.42 bits per heavy atom. The van der Waals surface area contributed by atoms with Crippen LogP contribution in [0.25, 0.3) is 0 Å². The quantitative estimate of drug-likeness (QED) is 0.858. The number of carboxylic acids is 1. The van der Waals surface area contributed by atoms with E-state index in [0.717, 1.165) is 19.4 Å². The molecule has 6 nitrogen and oxygen atoms in total. The van der Waals surface area contributed by atoms with Crippen LogP contribution in [-0.2, 0) is 0 Å². The van der Waals surface area contributed by atoms with Crippen molar-refractivity contribution in [2.24, 2.45) is 0 Å². The number of hydrogen-bond acceptors (Lipinski definition) is 4. The third kappa shape index (κ3) is 3.14. The molecule has 0 aromatic carbocycles. The Morgan fingerprint density at radius 2 is 2.11 bits per heavy atom. The largest absolute Gasteiger partial charge is 0.475 e. The van der Waals surface area contributed by atoms with Crippen molar-refractivity contribution in [1.82, 2.24) is 10.2 Å². The average molecular weight is 266 g/mol. The highest BCUT2D eigenvalue weighted by Gasteiger charge is 2.25. The van der Waals surface area contributed by atoms with E-state index in [-0.39, 0.29) is 23.5 Å². The van der Waals surface area contributed by atoms with Crippen molar-refractivity contribution in [3.05, 3.63) is 23.7 Å². The monoisotopic (exact) mass is 266 g/mol. The van der Waals surface area contributed by atoms with Gasteiger partial charge in [-0.25, -0.2) is 4.79 Å². The van der Waals surface area contributed by atoms with Crippen molar-refractivity contribution in [2.45, 2.75) is 31.8 Å². The molecule has 0 saturated carbocycles. The van der Waals surface area contributed by atoms with Gasteiger partial charge in [0, 0.05) is 18.6 Å². The predicted octanol–water partition coefficient (Wildman–Crippen LogP) is 1.19. The zero-order chi connectivity index (χ0) is 14.0. The van der Waals surface area contributed by atoms with Crippen LogP contribution in [0.1, 0.15) is 40.9 Å². The molecular formula is C13H18N2O4. The second kappa shape index (κ2) is 5.44. The zero-order valence-electron chi connectivity index (χ0n) is 11.0. The molecule has 1 amide bonds. The second-order valence-corrected chi connectivity index (χ2v) is 4.99. The Balaban J connectivity index is 1.95. The number of carbonyl (C=O) groups excluding carboxylic acids is 1. The van der Waals surface area contributed by atoms with Gasteiger partial charge in [-0.1, -0.05) is 0 Å². The Labute approximate surface area is 111 Å². The van der Waals surface area contributed by atoms with Crippen molar-refractivity contribution in [3.8, 4) is 0 Å². The van der Waals surface area contributed by atoms with Crippen LogP contribution in [0.15, 0.2) is 16.5 Å². The van der Waals surface area contributed by atoms with E-state index in [4.69, 9.17) is 9.52 Å². The number of piperidine rings is 1. The molecule has 1 aromatic rings. The number of furan rings is 1. The van der Waals surface area contributed by atoms with Crippen LogP contribution in [0.2, 0.25) is 0 Å². The maximum absolute atomic E-state index is 11.9. The van der Waals surface area contributed by atoms with Crippen LogP contribution in [0.5, 0.6) is 0 Å². The highest BCUT2D eigenvalue weighted by Crippen LogP contribution is 2.16. The summed E-state index contributed by atoms with van der Waals surface area (Å²) in [7, 11) is 2.06. The molecule has 0 aliphatic carbocycles. The lowest BCUT2D eigenvalue weighted by Crippen LogP contribution is -2.47. The van der Waals surface area contributed by atoms with Crippen molar-refractivity contribution < 1.29 is 19.1 Å². The smallest absolute Gasteiger partial charge is 0.371 e. The first-order valence-electron chi connectivity index (χ1n) is 6.31. The maximum Gasteiger partial charge on any atom is 0.371 e. The van der Waals surface area contributed by atoms with Gasteiger partial charge in [-0.2, -0.15) is 0 Å². The van der Waals surface area contributed by atoms with Crippen LogP contribution in [0.4, 0.5) is 0 Å². The molecule has 2 atom stereocenters. The number of hydrogen-bond donors (Lipinski definition) is 2. The van der Waals surface area contributed by atoms with Crippen molar-refractivity contribution in [1.29, 1.82) is 0 Å². The van der Waals surface area contributed by atoms with Crippen LogP contribution >= 0.6 is 0 Å². The van der Waals surface area contributed by atoms with Crippen molar-refractivity contribution >= 4 is 11.9 Å². The Kier molecular flexibility index (Phi) is 3.90. The highest BCUT2D eigenvalue weighted by molar-refractivity contribution is 5.93. The molecule has 1 aliphatic heterocycles. The van der Waals surface area contributed by atoms with Gasteiger partial charge in [0.25, 0.3) is 5.91 Å². The molecule has 2 rings (SSSR count). The number of amides is 1. The molecule has 1 aromatic heterocycles. The minimum atomic E-state index is -1.17. The Bertz CT molecular complexity index is 483. The topological polar surface area (TPSA) is 82.8 Å². The summed E-state index contributed by atoms with van der Waals surface area (Å²) in [5.41, 5.74) is 0.